The van der Waals surface area contributed by atoms with Crippen LogP contribution in [0.2, 0.25) is 0 Å². The zero-order valence-electron chi connectivity index (χ0n) is 8.91. The Morgan fingerprint density at radius 1 is 1.50 bits per heavy atom. The Balaban J connectivity index is 2.48. The zero-order valence-corrected chi connectivity index (χ0v) is 9.73. The second kappa shape index (κ2) is 6.06. The van der Waals surface area contributed by atoms with E-state index in [2.05, 4.69) is 29.4 Å². The molecule has 1 heterocycles. The number of hydrogen-bond donors (Lipinski definition) is 1. The van der Waals surface area contributed by atoms with Gasteiger partial charge in [0, 0.05) is 7.11 Å². The summed E-state index contributed by atoms with van der Waals surface area (Å²) in [4.78, 5) is 0. The van der Waals surface area contributed by atoms with Gasteiger partial charge >= 0.3 is 0 Å². The number of hydrogen-bond acceptors (Lipinski definition) is 5. The average Bonchev–Trinajstić information content (AvgIpc) is 2.63. The van der Waals surface area contributed by atoms with Gasteiger partial charge < -0.3 is 10.1 Å². The molecule has 0 spiro atoms. The Hall–Kier alpha value is -0.520. The summed E-state index contributed by atoms with van der Waals surface area (Å²) in [5.41, 5.74) is 0. The Morgan fingerprint density at radius 2 is 2.29 bits per heavy atom. The number of nitrogens with one attached hydrogen (secondary N) is 1. The number of rotatable bonds is 6. The molecular formula is C9H17N3OS. The minimum Gasteiger partial charge on any atom is -0.377 e. The van der Waals surface area contributed by atoms with E-state index in [1.165, 1.54) is 0 Å². The minimum atomic E-state index is 0.290. The van der Waals surface area contributed by atoms with E-state index in [9.17, 15) is 0 Å². The molecule has 0 saturated heterocycles. The van der Waals surface area contributed by atoms with Crippen molar-refractivity contribution in [1.29, 1.82) is 0 Å². The summed E-state index contributed by atoms with van der Waals surface area (Å²) in [5, 5.41) is 13.5. The van der Waals surface area contributed by atoms with Gasteiger partial charge in [0.05, 0.1) is 12.6 Å². The van der Waals surface area contributed by atoms with Crippen LogP contribution in [0.3, 0.4) is 0 Å². The molecule has 1 aromatic rings. The first-order valence-corrected chi connectivity index (χ1v) is 5.64. The third kappa shape index (κ3) is 3.32. The van der Waals surface area contributed by atoms with Gasteiger partial charge in [-0.05, 0) is 19.9 Å². The van der Waals surface area contributed by atoms with Crippen molar-refractivity contribution >= 4 is 11.3 Å². The van der Waals surface area contributed by atoms with E-state index in [1.807, 2.05) is 0 Å². The molecule has 0 fully saturated rings. The second-order valence-electron chi connectivity index (χ2n) is 3.14. The van der Waals surface area contributed by atoms with Crippen LogP contribution in [0, 0.1) is 0 Å². The maximum atomic E-state index is 4.99. The molecule has 0 aliphatic carbocycles. The van der Waals surface area contributed by atoms with E-state index >= 15 is 0 Å². The van der Waals surface area contributed by atoms with Gasteiger partial charge in [0.25, 0.3) is 0 Å². The molecule has 0 bridgehead atoms. The number of nitrogens with zero attached hydrogens (tertiary/aromatic N) is 2. The van der Waals surface area contributed by atoms with E-state index in [0.717, 1.165) is 23.0 Å². The Kier molecular flexibility index (Phi) is 5.00. The van der Waals surface area contributed by atoms with Crippen LogP contribution < -0.4 is 5.32 Å². The summed E-state index contributed by atoms with van der Waals surface area (Å²) in [6.45, 7) is 5.82. The molecule has 0 saturated carbocycles. The molecule has 14 heavy (non-hydrogen) atoms. The summed E-state index contributed by atoms with van der Waals surface area (Å²) in [7, 11) is 1.67. The lowest BCUT2D eigenvalue weighted by molar-refractivity contribution is 0.184. The summed E-state index contributed by atoms with van der Waals surface area (Å²) in [6, 6.07) is 0.290. The highest BCUT2D eigenvalue weighted by atomic mass is 32.1. The predicted molar refractivity (Wildman–Crippen MR) is 57.3 cm³/mol. The van der Waals surface area contributed by atoms with Gasteiger partial charge in [-0.2, -0.15) is 0 Å². The van der Waals surface area contributed by atoms with E-state index in [4.69, 9.17) is 4.74 Å². The van der Waals surface area contributed by atoms with Crippen LogP contribution in [-0.2, 0) is 11.3 Å². The van der Waals surface area contributed by atoms with Crippen LogP contribution in [-0.4, -0.2) is 23.9 Å². The molecule has 1 unspecified atom stereocenters. The Labute approximate surface area is 88.7 Å². The summed E-state index contributed by atoms with van der Waals surface area (Å²) < 4.78 is 4.99. The lowest BCUT2D eigenvalue weighted by atomic mass is 10.3. The molecule has 0 radical (unpaired) electrons. The SMILES string of the molecule is CCCNC(C)c1nnc(COC)s1. The largest absolute Gasteiger partial charge is 0.377 e. The third-order valence-electron chi connectivity index (χ3n) is 1.82. The lowest BCUT2D eigenvalue weighted by Gasteiger charge is -2.08. The molecule has 0 aliphatic rings. The van der Waals surface area contributed by atoms with Crippen molar-refractivity contribution in [2.45, 2.75) is 32.9 Å². The lowest BCUT2D eigenvalue weighted by Crippen LogP contribution is -2.18. The first kappa shape index (κ1) is 11.6. The Bertz CT molecular complexity index is 264. The molecule has 0 amide bonds. The van der Waals surface area contributed by atoms with Gasteiger partial charge in [0.1, 0.15) is 10.0 Å². The van der Waals surface area contributed by atoms with E-state index in [1.54, 1.807) is 18.4 Å². The quantitative estimate of drug-likeness (QED) is 0.785. The predicted octanol–water partition coefficient (Wildman–Crippen LogP) is 1.75. The van der Waals surface area contributed by atoms with Gasteiger partial charge in [0.2, 0.25) is 0 Å². The number of aromatic nitrogens is 2. The molecule has 1 aromatic heterocycles. The minimum absolute atomic E-state index is 0.290. The van der Waals surface area contributed by atoms with Crippen LogP contribution in [0.4, 0.5) is 0 Å². The first-order valence-electron chi connectivity index (χ1n) is 4.82. The summed E-state index contributed by atoms with van der Waals surface area (Å²) in [6.07, 6.45) is 1.13. The highest BCUT2D eigenvalue weighted by Gasteiger charge is 2.10. The Morgan fingerprint density at radius 3 is 2.93 bits per heavy atom. The molecular weight excluding hydrogens is 198 g/mol. The van der Waals surface area contributed by atoms with E-state index in [0.29, 0.717) is 6.61 Å². The van der Waals surface area contributed by atoms with Gasteiger partial charge in [0.15, 0.2) is 0 Å². The van der Waals surface area contributed by atoms with Gasteiger partial charge in [-0.25, -0.2) is 0 Å². The molecule has 1 atom stereocenters. The van der Waals surface area contributed by atoms with Crippen molar-refractivity contribution in [3.63, 3.8) is 0 Å². The second-order valence-corrected chi connectivity index (χ2v) is 4.24. The molecule has 1 rings (SSSR count). The van der Waals surface area contributed by atoms with E-state index in [-0.39, 0.29) is 6.04 Å². The van der Waals surface area contributed by atoms with Crippen LogP contribution in [0.5, 0.6) is 0 Å². The number of methoxy groups -OCH3 is 1. The first-order chi connectivity index (χ1) is 6.77. The van der Waals surface area contributed by atoms with E-state index < -0.39 is 0 Å². The summed E-state index contributed by atoms with van der Waals surface area (Å²) in [5.74, 6) is 0. The normalized spacial score (nSPS) is 13.1. The van der Waals surface area contributed by atoms with Crippen LogP contribution in [0.25, 0.3) is 0 Å². The maximum Gasteiger partial charge on any atom is 0.143 e. The molecule has 80 valence electrons. The standard InChI is InChI=1S/C9H17N3OS/c1-4-5-10-7(2)9-12-11-8(14-9)6-13-3/h7,10H,4-6H2,1-3H3. The molecule has 1 N–H and O–H groups in total. The topological polar surface area (TPSA) is 47.0 Å². The van der Waals surface area contributed by atoms with Crippen molar-refractivity contribution in [2.24, 2.45) is 0 Å². The van der Waals surface area contributed by atoms with Crippen molar-refractivity contribution in [3.8, 4) is 0 Å². The smallest absolute Gasteiger partial charge is 0.143 e. The fourth-order valence-electron chi connectivity index (χ4n) is 1.07. The number of ether oxygens (including phenoxy) is 1. The van der Waals surface area contributed by atoms with Crippen molar-refractivity contribution in [2.75, 3.05) is 13.7 Å². The fraction of sp³-hybridized carbons (Fsp3) is 0.778. The van der Waals surface area contributed by atoms with Crippen LogP contribution in [0.1, 0.15) is 36.3 Å². The molecule has 5 heteroatoms. The fourth-order valence-corrected chi connectivity index (χ4v) is 1.91. The maximum absolute atomic E-state index is 4.99. The van der Waals surface area contributed by atoms with Crippen LogP contribution >= 0.6 is 11.3 Å². The van der Waals surface area contributed by atoms with Crippen LogP contribution in [0.15, 0.2) is 0 Å². The monoisotopic (exact) mass is 215 g/mol. The van der Waals surface area contributed by atoms with Gasteiger partial charge in [-0.15, -0.1) is 10.2 Å². The molecule has 4 nitrogen and oxygen atoms in total. The van der Waals surface area contributed by atoms with Crippen molar-refractivity contribution in [3.05, 3.63) is 10.0 Å². The third-order valence-corrected chi connectivity index (χ3v) is 2.90. The summed E-state index contributed by atoms with van der Waals surface area (Å²) >= 11 is 1.61. The zero-order chi connectivity index (χ0) is 10.4. The average molecular weight is 215 g/mol. The van der Waals surface area contributed by atoms with Gasteiger partial charge in [-0.1, -0.05) is 18.3 Å². The van der Waals surface area contributed by atoms with Crippen molar-refractivity contribution in [1.82, 2.24) is 15.5 Å². The molecule has 0 aromatic carbocycles. The van der Waals surface area contributed by atoms with Gasteiger partial charge in [-0.3, -0.25) is 0 Å². The molecule has 0 aliphatic heterocycles. The highest BCUT2D eigenvalue weighted by Crippen LogP contribution is 2.17. The van der Waals surface area contributed by atoms with Crippen molar-refractivity contribution < 1.29 is 4.74 Å². The highest BCUT2D eigenvalue weighted by molar-refractivity contribution is 7.11.